The van der Waals surface area contributed by atoms with Gasteiger partial charge in [-0.15, -0.1) is 22.7 Å². The highest BCUT2D eigenvalue weighted by molar-refractivity contribution is 7.22. The first-order chi connectivity index (χ1) is 39.0. The maximum Gasteiger partial charge on any atom is 0.185 e. The number of fused-ring (bicyclic) bond motifs is 2. The van der Waals surface area contributed by atoms with E-state index in [1.807, 2.05) is 22.7 Å². The second kappa shape index (κ2) is 26.9. The summed E-state index contributed by atoms with van der Waals surface area (Å²) < 4.78 is 0. The topological polar surface area (TPSA) is 83.6 Å². The van der Waals surface area contributed by atoms with E-state index in [1.54, 1.807) is 0 Å². The number of Topliss-reactive ketones (excluding diaryl/α,β-unsaturated/α-hetero) is 2. The molecule has 434 valence electrons. The first-order valence-corrected chi connectivity index (χ1v) is 32.6. The van der Waals surface area contributed by atoms with E-state index in [9.17, 15) is 9.59 Å². The number of hydrogen-bond acceptors (Lipinski definition) is 8. The molecular formula is C74H94N4O2S2. The molecule has 0 saturated carbocycles. The van der Waals surface area contributed by atoms with Crippen LogP contribution < -0.4 is 0 Å². The highest BCUT2D eigenvalue weighted by Crippen LogP contribution is 2.52. The van der Waals surface area contributed by atoms with Gasteiger partial charge in [0.05, 0.1) is 11.4 Å². The molecule has 0 radical (unpaired) electrons. The number of carbonyl (C=O) groups excluding carboxylic acids is 2. The predicted molar refractivity (Wildman–Crippen MR) is 351 cm³/mol. The van der Waals surface area contributed by atoms with Crippen molar-refractivity contribution >= 4 is 67.2 Å². The third-order valence-corrected chi connectivity index (χ3v) is 19.2. The van der Waals surface area contributed by atoms with Crippen molar-refractivity contribution in [1.82, 2.24) is 0 Å². The van der Waals surface area contributed by atoms with Crippen LogP contribution >= 0.6 is 22.7 Å². The lowest BCUT2D eigenvalue weighted by Crippen LogP contribution is -2.30. The molecule has 2 atom stereocenters. The first-order valence-electron chi connectivity index (χ1n) is 31.0. The van der Waals surface area contributed by atoms with Gasteiger partial charge in [-0.05, 0) is 93.5 Å². The molecule has 0 fully saturated rings. The standard InChI is InChI=1S/C74H94N4O2S2/c1-15-17-19-21-23-25-35-51-47-63(65(77-75-61-41-31-37-49-33-27-29-39-55(49)61)53-43-57(71(3,4)5)67(79)58(44-53)72(6,7)8)81-69(51)70-52(36-26-24-22-20-18-16-2)48-64(82-70)66(78-76-62-42-32-38-50-34-28-30-40-56(50)62)54-45-59(73(9,10)11)68(80)60(46-54)74(12,13)14/h27-34,37-48,53-54,65-66H,15-26,35-36H2,1-14H3/b77-75+,78-76+. The Bertz CT molecular complexity index is 3100. The van der Waals surface area contributed by atoms with Gasteiger partial charge in [0.2, 0.25) is 0 Å². The molecule has 0 spiro atoms. The lowest BCUT2D eigenvalue weighted by Gasteiger charge is -2.34. The molecule has 8 heteroatoms. The summed E-state index contributed by atoms with van der Waals surface area (Å²) in [6, 6.07) is 33.5. The van der Waals surface area contributed by atoms with Crippen molar-refractivity contribution in [2.75, 3.05) is 0 Å². The fraction of sp³-hybridized carbons (Fsp3) is 0.486. The van der Waals surface area contributed by atoms with Gasteiger partial charge in [0.25, 0.3) is 0 Å². The molecule has 4 aromatic carbocycles. The maximum absolute atomic E-state index is 14.6. The summed E-state index contributed by atoms with van der Waals surface area (Å²) in [5, 5.41) is 25.8. The molecule has 0 N–H and O–H groups in total. The monoisotopic (exact) mass is 1130 g/mol. The second-order valence-corrected chi connectivity index (χ2v) is 29.7. The maximum atomic E-state index is 14.6. The van der Waals surface area contributed by atoms with E-state index < -0.39 is 12.1 Å². The quantitative estimate of drug-likeness (QED) is 0.0473. The van der Waals surface area contributed by atoms with Crippen LogP contribution in [0.1, 0.15) is 207 Å². The fourth-order valence-corrected chi connectivity index (χ4v) is 14.6. The summed E-state index contributed by atoms with van der Waals surface area (Å²) >= 11 is 3.76. The minimum absolute atomic E-state index is 0.130. The molecular weight excluding hydrogens is 1040 g/mol. The number of unbranched alkanes of at least 4 members (excludes halogenated alkanes) is 10. The normalized spacial score (nSPS) is 16.2. The number of allylic oxidation sites excluding steroid dienone is 4. The van der Waals surface area contributed by atoms with Crippen LogP contribution in [0.4, 0.5) is 11.4 Å². The molecule has 2 aliphatic carbocycles. The van der Waals surface area contributed by atoms with E-state index in [1.165, 1.54) is 85.1 Å². The van der Waals surface area contributed by atoms with Crippen molar-refractivity contribution in [1.29, 1.82) is 0 Å². The summed E-state index contributed by atoms with van der Waals surface area (Å²) in [6.45, 7) is 30.5. The average molecular weight is 1140 g/mol. The van der Waals surface area contributed by atoms with E-state index in [4.69, 9.17) is 20.5 Å². The van der Waals surface area contributed by atoms with Gasteiger partial charge in [0.15, 0.2) is 11.6 Å². The Morgan fingerprint density at radius 2 is 0.732 bits per heavy atom. The minimum Gasteiger partial charge on any atom is -0.289 e. The summed E-state index contributed by atoms with van der Waals surface area (Å²) in [5.41, 5.74) is 6.22. The Hall–Kier alpha value is -5.70. The van der Waals surface area contributed by atoms with Crippen molar-refractivity contribution in [3.05, 3.63) is 165 Å². The Kier molecular flexibility index (Phi) is 20.5. The SMILES string of the molecule is CCCCCCCCc1cc(C(/N=N/c2cccc3ccccc23)C2C=C(C(C)(C)C)C(=O)C(C(C)(C)C)=C2)sc1-c1sc(C(/N=N/c2cccc3ccccc23)C2C=C(C(C)(C)C)C(=O)C(C(C)(C)C)=C2)cc1CCCCCCCC. The van der Waals surface area contributed by atoms with Crippen LogP contribution in [0.5, 0.6) is 0 Å². The average Bonchev–Trinajstić information content (AvgIpc) is 4.22. The lowest BCUT2D eigenvalue weighted by atomic mass is 9.70. The van der Waals surface area contributed by atoms with Gasteiger partial charge in [-0.3, -0.25) is 9.59 Å². The molecule has 0 saturated heterocycles. The molecule has 8 rings (SSSR count). The molecule has 0 amide bonds. The predicted octanol–water partition coefficient (Wildman–Crippen LogP) is 23.5. The van der Waals surface area contributed by atoms with Gasteiger partial charge in [-0.1, -0.05) is 258 Å². The molecule has 2 aliphatic rings. The van der Waals surface area contributed by atoms with Crippen LogP contribution in [0, 0.1) is 33.5 Å². The zero-order valence-corrected chi connectivity index (χ0v) is 53.8. The van der Waals surface area contributed by atoms with Crippen molar-refractivity contribution in [3.8, 4) is 9.75 Å². The van der Waals surface area contributed by atoms with Gasteiger partial charge in [-0.25, -0.2) is 0 Å². The van der Waals surface area contributed by atoms with Crippen LogP contribution in [-0.2, 0) is 22.4 Å². The van der Waals surface area contributed by atoms with Gasteiger partial charge >= 0.3 is 0 Å². The zero-order valence-electron chi connectivity index (χ0n) is 52.2. The highest BCUT2D eigenvalue weighted by Gasteiger charge is 2.40. The number of benzene rings is 4. The molecule has 6 aromatic rings. The fourth-order valence-electron chi connectivity index (χ4n) is 11.8. The molecule has 0 aliphatic heterocycles. The van der Waals surface area contributed by atoms with Gasteiger partial charge in [0, 0.05) is 64.4 Å². The smallest absolute Gasteiger partial charge is 0.185 e. The number of rotatable bonds is 23. The van der Waals surface area contributed by atoms with E-state index in [2.05, 4.69) is 218 Å². The summed E-state index contributed by atoms with van der Waals surface area (Å²) in [4.78, 5) is 34.1. The van der Waals surface area contributed by atoms with Crippen LogP contribution in [0.25, 0.3) is 31.3 Å². The molecule has 2 heterocycles. The van der Waals surface area contributed by atoms with Crippen molar-refractivity contribution in [2.24, 2.45) is 54.0 Å². The van der Waals surface area contributed by atoms with Crippen molar-refractivity contribution in [2.45, 2.75) is 199 Å². The number of azo groups is 2. The highest BCUT2D eigenvalue weighted by atomic mass is 32.1. The molecule has 6 nitrogen and oxygen atoms in total. The number of thiophene rings is 2. The number of nitrogens with zero attached hydrogens (tertiary/aromatic N) is 4. The molecule has 82 heavy (non-hydrogen) atoms. The summed E-state index contributed by atoms with van der Waals surface area (Å²) in [7, 11) is 0. The zero-order chi connectivity index (χ0) is 59.0. The third-order valence-electron chi connectivity index (χ3n) is 16.5. The van der Waals surface area contributed by atoms with E-state index in [0.29, 0.717) is 0 Å². The lowest BCUT2D eigenvalue weighted by molar-refractivity contribution is -0.115. The van der Waals surface area contributed by atoms with Gasteiger partial charge in [0.1, 0.15) is 12.1 Å². The molecule has 0 bridgehead atoms. The van der Waals surface area contributed by atoms with Crippen molar-refractivity contribution in [3.63, 3.8) is 0 Å². The largest absolute Gasteiger partial charge is 0.289 e. The summed E-state index contributed by atoms with van der Waals surface area (Å²) in [6.07, 6.45) is 25.3. The Labute approximate surface area is 500 Å². The van der Waals surface area contributed by atoms with Crippen LogP contribution in [0.15, 0.2) is 164 Å². The first kappa shape index (κ1) is 62.3. The van der Waals surface area contributed by atoms with E-state index in [-0.39, 0.29) is 45.1 Å². The van der Waals surface area contributed by atoms with Crippen LogP contribution in [0.3, 0.4) is 0 Å². The van der Waals surface area contributed by atoms with Crippen LogP contribution in [0.2, 0.25) is 0 Å². The van der Waals surface area contributed by atoms with E-state index in [0.717, 1.165) is 90.6 Å². The molecule has 2 unspecified atom stereocenters. The van der Waals surface area contributed by atoms with Gasteiger partial charge in [-0.2, -0.15) is 20.5 Å². The third kappa shape index (κ3) is 15.2. The van der Waals surface area contributed by atoms with Gasteiger partial charge < -0.3 is 0 Å². The van der Waals surface area contributed by atoms with Crippen LogP contribution in [-0.4, -0.2) is 11.6 Å². The second-order valence-electron chi connectivity index (χ2n) is 27.5. The number of ketones is 2. The number of carbonyl (C=O) groups is 2. The van der Waals surface area contributed by atoms with E-state index >= 15 is 0 Å². The Morgan fingerprint density at radius 1 is 0.415 bits per heavy atom. The molecule has 2 aromatic heterocycles. The Morgan fingerprint density at radius 3 is 1.07 bits per heavy atom. The Balaban J connectivity index is 1.36. The van der Waals surface area contributed by atoms with Crippen molar-refractivity contribution < 1.29 is 9.59 Å². The summed E-state index contributed by atoms with van der Waals surface area (Å²) in [5.74, 6) is -0.165. The minimum atomic E-state index is -0.394. The number of aryl methyl sites for hydroxylation is 2. The number of hydrogen-bond donors (Lipinski definition) is 0.